The number of nitrogens with zero attached hydrogens (tertiary/aromatic N) is 1. The molecule has 1 N–H and O–H groups in total. The van der Waals surface area contributed by atoms with Gasteiger partial charge in [-0.1, -0.05) is 33.8 Å². The lowest BCUT2D eigenvalue weighted by atomic mass is 9.92. The summed E-state index contributed by atoms with van der Waals surface area (Å²) in [5.74, 6) is 0. The number of rotatable bonds is 8. The molecule has 0 saturated carbocycles. The smallest absolute Gasteiger partial charge is 0.0328 e. The second-order valence-electron chi connectivity index (χ2n) is 5.33. The molecule has 0 atom stereocenters. The Balaban J connectivity index is 2.45. The van der Waals surface area contributed by atoms with Crippen molar-refractivity contribution in [3.05, 3.63) is 22.4 Å². The first-order valence-corrected chi connectivity index (χ1v) is 7.41. The molecule has 0 aliphatic heterocycles. The second-order valence-corrected chi connectivity index (χ2v) is 6.36. The van der Waals surface area contributed by atoms with Gasteiger partial charge in [-0.25, -0.2) is 0 Å². The molecule has 2 nitrogen and oxygen atoms in total. The van der Waals surface area contributed by atoms with Crippen LogP contribution in [0.2, 0.25) is 0 Å². The van der Waals surface area contributed by atoms with Crippen LogP contribution in [0.15, 0.2) is 17.5 Å². The van der Waals surface area contributed by atoms with Gasteiger partial charge < -0.3 is 5.32 Å². The molecule has 1 aromatic rings. The van der Waals surface area contributed by atoms with Gasteiger partial charge in [0, 0.05) is 24.5 Å². The van der Waals surface area contributed by atoms with Crippen molar-refractivity contribution in [2.75, 3.05) is 26.2 Å². The van der Waals surface area contributed by atoms with Crippen molar-refractivity contribution < 1.29 is 0 Å². The van der Waals surface area contributed by atoms with Crippen molar-refractivity contribution in [2.24, 2.45) is 5.41 Å². The fourth-order valence-corrected chi connectivity index (χ4v) is 2.77. The maximum absolute atomic E-state index is 3.45. The van der Waals surface area contributed by atoms with Gasteiger partial charge in [0.25, 0.3) is 0 Å². The third-order valence-electron chi connectivity index (χ3n) is 2.91. The van der Waals surface area contributed by atoms with Gasteiger partial charge in [-0.05, 0) is 30.0 Å². The normalized spacial score (nSPS) is 12.3. The quantitative estimate of drug-likeness (QED) is 0.766. The average molecular weight is 254 g/mol. The van der Waals surface area contributed by atoms with E-state index in [0.29, 0.717) is 5.41 Å². The Labute approximate surface area is 110 Å². The minimum absolute atomic E-state index is 0.337. The van der Waals surface area contributed by atoms with Crippen LogP contribution in [0.3, 0.4) is 0 Å². The van der Waals surface area contributed by atoms with Crippen LogP contribution in [0.4, 0.5) is 0 Å². The van der Waals surface area contributed by atoms with Gasteiger partial charge in [0.15, 0.2) is 0 Å². The minimum Gasteiger partial charge on any atom is -0.316 e. The number of hydrogen-bond donors (Lipinski definition) is 1. The van der Waals surface area contributed by atoms with Gasteiger partial charge in [-0.3, -0.25) is 4.90 Å². The fraction of sp³-hybridized carbons (Fsp3) is 0.714. The van der Waals surface area contributed by atoms with Crippen molar-refractivity contribution >= 4 is 11.3 Å². The molecule has 1 rings (SSSR count). The first-order valence-electron chi connectivity index (χ1n) is 6.53. The largest absolute Gasteiger partial charge is 0.316 e. The molecule has 0 bridgehead atoms. The summed E-state index contributed by atoms with van der Waals surface area (Å²) in [5.41, 5.74) is 0.337. The number of thiophene rings is 1. The Hall–Kier alpha value is -0.380. The zero-order valence-corrected chi connectivity index (χ0v) is 12.4. The monoisotopic (exact) mass is 254 g/mol. The van der Waals surface area contributed by atoms with Crippen molar-refractivity contribution in [2.45, 2.75) is 34.2 Å². The maximum atomic E-state index is 3.45. The second kappa shape index (κ2) is 7.14. The Morgan fingerprint density at radius 2 is 2.12 bits per heavy atom. The van der Waals surface area contributed by atoms with Crippen LogP contribution in [0.25, 0.3) is 0 Å². The predicted octanol–water partition coefficient (Wildman–Crippen LogP) is 3.21. The van der Waals surface area contributed by atoms with Gasteiger partial charge in [0.2, 0.25) is 0 Å². The maximum Gasteiger partial charge on any atom is 0.0328 e. The third kappa shape index (κ3) is 5.66. The fourth-order valence-electron chi connectivity index (χ4n) is 2.03. The highest BCUT2D eigenvalue weighted by Gasteiger charge is 2.20. The van der Waals surface area contributed by atoms with Crippen LogP contribution in [0.5, 0.6) is 0 Å². The lowest BCUT2D eigenvalue weighted by Crippen LogP contribution is -2.40. The summed E-state index contributed by atoms with van der Waals surface area (Å²) in [6.07, 6.45) is 0. The van der Waals surface area contributed by atoms with E-state index in [9.17, 15) is 0 Å². The zero-order chi connectivity index (χ0) is 12.7. The molecule has 0 amide bonds. The minimum atomic E-state index is 0.337. The van der Waals surface area contributed by atoms with E-state index in [2.05, 4.69) is 55.4 Å². The van der Waals surface area contributed by atoms with E-state index >= 15 is 0 Å². The Bertz CT molecular complexity index is 293. The summed E-state index contributed by atoms with van der Waals surface area (Å²) >= 11 is 1.85. The van der Waals surface area contributed by atoms with E-state index < -0.39 is 0 Å². The molecule has 0 aliphatic carbocycles. The van der Waals surface area contributed by atoms with E-state index in [1.54, 1.807) is 0 Å². The zero-order valence-electron chi connectivity index (χ0n) is 11.6. The van der Waals surface area contributed by atoms with Crippen molar-refractivity contribution in [3.63, 3.8) is 0 Å². The molecule has 3 heteroatoms. The predicted molar refractivity (Wildman–Crippen MR) is 77.6 cm³/mol. The van der Waals surface area contributed by atoms with Gasteiger partial charge >= 0.3 is 0 Å². The third-order valence-corrected chi connectivity index (χ3v) is 3.77. The number of nitrogens with one attached hydrogen (secondary N) is 1. The standard InChI is InChI=1S/C14H26N2S/c1-5-15-11-14(3,4)12-16(6-2)10-13-8-7-9-17-13/h7-9,15H,5-6,10-12H2,1-4H3. The van der Waals surface area contributed by atoms with E-state index in [1.807, 2.05) is 11.3 Å². The Morgan fingerprint density at radius 3 is 2.65 bits per heavy atom. The molecule has 1 aromatic heterocycles. The van der Waals surface area contributed by atoms with Crippen LogP contribution in [0, 0.1) is 5.41 Å². The van der Waals surface area contributed by atoms with Crippen molar-refractivity contribution in [1.29, 1.82) is 0 Å². The summed E-state index contributed by atoms with van der Waals surface area (Å²) < 4.78 is 0. The van der Waals surface area contributed by atoms with E-state index in [4.69, 9.17) is 0 Å². The summed E-state index contributed by atoms with van der Waals surface area (Å²) in [5, 5.41) is 5.61. The molecule has 98 valence electrons. The molecule has 0 spiro atoms. The molecule has 17 heavy (non-hydrogen) atoms. The lowest BCUT2D eigenvalue weighted by molar-refractivity contribution is 0.176. The highest BCUT2D eigenvalue weighted by atomic mass is 32.1. The molecule has 0 aromatic carbocycles. The topological polar surface area (TPSA) is 15.3 Å². The van der Waals surface area contributed by atoms with Gasteiger partial charge in [-0.15, -0.1) is 11.3 Å². The summed E-state index contributed by atoms with van der Waals surface area (Å²) in [4.78, 5) is 3.99. The van der Waals surface area contributed by atoms with Crippen LogP contribution >= 0.6 is 11.3 Å². The Morgan fingerprint density at radius 1 is 1.35 bits per heavy atom. The van der Waals surface area contributed by atoms with Crippen LogP contribution in [-0.4, -0.2) is 31.1 Å². The van der Waals surface area contributed by atoms with Gasteiger partial charge in [0.05, 0.1) is 0 Å². The molecule has 0 saturated heterocycles. The SMILES string of the molecule is CCNCC(C)(C)CN(CC)Cc1cccs1. The first kappa shape index (κ1) is 14.7. The van der Waals surface area contributed by atoms with E-state index in [0.717, 1.165) is 32.7 Å². The van der Waals surface area contributed by atoms with Crippen molar-refractivity contribution in [3.8, 4) is 0 Å². The van der Waals surface area contributed by atoms with Crippen LogP contribution in [-0.2, 0) is 6.54 Å². The van der Waals surface area contributed by atoms with Crippen LogP contribution < -0.4 is 5.32 Å². The molecule has 0 radical (unpaired) electrons. The molecule has 0 fully saturated rings. The molecular formula is C14H26N2S. The average Bonchev–Trinajstić information content (AvgIpc) is 2.78. The van der Waals surface area contributed by atoms with E-state index in [-0.39, 0.29) is 0 Å². The summed E-state index contributed by atoms with van der Waals surface area (Å²) in [6.45, 7) is 14.6. The highest BCUT2D eigenvalue weighted by molar-refractivity contribution is 7.09. The molecule has 0 unspecified atom stereocenters. The van der Waals surface area contributed by atoms with Gasteiger partial charge in [0.1, 0.15) is 0 Å². The Kier molecular flexibility index (Phi) is 6.17. The van der Waals surface area contributed by atoms with Gasteiger partial charge in [-0.2, -0.15) is 0 Å². The summed E-state index contributed by atoms with van der Waals surface area (Å²) in [6, 6.07) is 4.36. The lowest BCUT2D eigenvalue weighted by Gasteiger charge is -2.32. The van der Waals surface area contributed by atoms with Crippen molar-refractivity contribution in [1.82, 2.24) is 10.2 Å². The van der Waals surface area contributed by atoms with E-state index in [1.165, 1.54) is 4.88 Å². The highest BCUT2D eigenvalue weighted by Crippen LogP contribution is 2.19. The molecule has 0 aliphatic rings. The molecular weight excluding hydrogens is 228 g/mol. The number of hydrogen-bond acceptors (Lipinski definition) is 3. The van der Waals surface area contributed by atoms with Crippen LogP contribution in [0.1, 0.15) is 32.6 Å². The first-order chi connectivity index (χ1) is 8.07. The molecule has 1 heterocycles. The summed E-state index contributed by atoms with van der Waals surface area (Å²) in [7, 11) is 0.